The highest BCUT2D eigenvalue weighted by molar-refractivity contribution is 7.71. The molecule has 3 rings (SSSR count). The lowest BCUT2D eigenvalue weighted by molar-refractivity contribution is -0.144. The Morgan fingerprint density at radius 1 is 1.39 bits per heavy atom. The molecule has 7 nitrogen and oxygen atoms in total. The van der Waals surface area contributed by atoms with Crippen LogP contribution in [0.3, 0.4) is 0 Å². The summed E-state index contributed by atoms with van der Waals surface area (Å²) in [6.45, 7) is 0.0946. The van der Waals surface area contributed by atoms with Gasteiger partial charge in [0.1, 0.15) is 23.5 Å². The van der Waals surface area contributed by atoms with Gasteiger partial charge in [-0.3, -0.25) is 4.57 Å². The van der Waals surface area contributed by atoms with Crippen LogP contribution in [-0.4, -0.2) is 48.5 Å². The van der Waals surface area contributed by atoms with E-state index in [0.717, 1.165) is 0 Å². The van der Waals surface area contributed by atoms with Crippen LogP contribution in [-0.2, 0) is 4.74 Å². The number of rotatable bonds is 1. The molecule has 18 heavy (non-hydrogen) atoms. The molecule has 0 aromatic carbocycles. The second-order valence-corrected chi connectivity index (χ2v) is 4.60. The van der Waals surface area contributed by atoms with Crippen molar-refractivity contribution in [3.05, 3.63) is 17.3 Å². The van der Waals surface area contributed by atoms with Crippen molar-refractivity contribution in [1.29, 1.82) is 0 Å². The van der Waals surface area contributed by atoms with E-state index >= 15 is 0 Å². The average Bonchev–Trinajstić information content (AvgIpc) is 2.78. The van der Waals surface area contributed by atoms with Gasteiger partial charge in [-0.05, 0) is 0 Å². The summed E-state index contributed by atoms with van der Waals surface area (Å²) in [5, 5.41) is 19.1. The summed E-state index contributed by atoms with van der Waals surface area (Å²) in [6.07, 6.45) is 1.38. The summed E-state index contributed by atoms with van der Waals surface area (Å²) in [7, 11) is 0. The smallest absolute Gasteiger partial charge is 0.157 e. The number of imidazole rings is 1. The number of H-pyrrole nitrogens is 1. The van der Waals surface area contributed by atoms with Gasteiger partial charge in [0, 0.05) is 6.42 Å². The molecule has 2 aromatic rings. The second-order valence-electron chi connectivity index (χ2n) is 4.22. The third-order valence-electron chi connectivity index (χ3n) is 3.04. The Labute approximate surface area is 107 Å². The van der Waals surface area contributed by atoms with E-state index in [4.69, 9.17) is 17.0 Å². The molecule has 1 aliphatic rings. The molecule has 0 spiro atoms. The van der Waals surface area contributed by atoms with Gasteiger partial charge in [0.25, 0.3) is 0 Å². The maximum absolute atomic E-state index is 9.67. The third kappa shape index (κ3) is 1.83. The van der Waals surface area contributed by atoms with Gasteiger partial charge >= 0.3 is 0 Å². The largest absolute Gasteiger partial charge is 0.390 e. The molecule has 3 atom stereocenters. The normalized spacial score (nSPS) is 28.7. The van der Waals surface area contributed by atoms with E-state index < -0.39 is 12.2 Å². The van der Waals surface area contributed by atoms with E-state index in [1.807, 2.05) is 0 Å². The molecule has 1 aliphatic heterocycles. The average molecular weight is 268 g/mol. The lowest BCUT2D eigenvalue weighted by Gasteiger charge is -2.31. The molecule has 2 aromatic heterocycles. The van der Waals surface area contributed by atoms with E-state index in [0.29, 0.717) is 22.2 Å². The molecule has 96 valence electrons. The zero-order chi connectivity index (χ0) is 12.7. The number of hydrogen-bond donors (Lipinski definition) is 3. The maximum Gasteiger partial charge on any atom is 0.157 e. The molecule has 0 saturated carbocycles. The van der Waals surface area contributed by atoms with Crippen LogP contribution in [0.4, 0.5) is 0 Å². The highest BCUT2D eigenvalue weighted by Gasteiger charge is 2.30. The topological polar surface area (TPSA) is 96.2 Å². The van der Waals surface area contributed by atoms with Crippen molar-refractivity contribution >= 4 is 23.4 Å². The number of aliphatic hydroxyl groups excluding tert-OH is 2. The zero-order valence-corrected chi connectivity index (χ0v) is 10.2. The summed E-state index contributed by atoms with van der Waals surface area (Å²) in [5.74, 6) is 0. The van der Waals surface area contributed by atoms with Crippen LogP contribution >= 0.6 is 12.2 Å². The van der Waals surface area contributed by atoms with Gasteiger partial charge in [-0.25, -0.2) is 9.97 Å². The Kier molecular flexibility index (Phi) is 2.86. The van der Waals surface area contributed by atoms with Gasteiger partial charge in [0.05, 0.1) is 25.4 Å². The molecule has 0 bridgehead atoms. The molecule has 0 radical (unpaired) electrons. The summed E-state index contributed by atoms with van der Waals surface area (Å²) in [5.41, 5.74) is 1.29. The molecular weight excluding hydrogens is 256 g/mol. The van der Waals surface area contributed by atoms with Gasteiger partial charge in [-0.2, -0.15) is 0 Å². The van der Waals surface area contributed by atoms with Crippen LogP contribution in [0.15, 0.2) is 12.7 Å². The SMILES string of the molecule is O[C@@H]1CO[C@H](n2cnc3c(=S)nc[nH]c32)C[C@H]1O. The highest BCUT2D eigenvalue weighted by Crippen LogP contribution is 2.26. The van der Waals surface area contributed by atoms with Crippen LogP contribution in [0, 0.1) is 4.64 Å². The Balaban J connectivity index is 2.00. The molecule has 0 unspecified atom stereocenters. The summed E-state index contributed by atoms with van der Waals surface area (Å²) in [4.78, 5) is 11.1. The number of nitrogens with zero attached hydrogens (tertiary/aromatic N) is 3. The van der Waals surface area contributed by atoms with Crippen LogP contribution in [0.1, 0.15) is 12.6 Å². The lowest BCUT2D eigenvalue weighted by Crippen LogP contribution is -2.39. The fourth-order valence-electron chi connectivity index (χ4n) is 2.04. The van der Waals surface area contributed by atoms with Crippen molar-refractivity contribution in [2.75, 3.05) is 6.61 Å². The van der Waals surface area contributed by atoms with E-state index in [9.17, 15) is 10.2 Å². The van der Waals surface area contributed by atoms with Crippen molar-refractivity contribution in [2.24, 2.45) is 0 Å². The Bertz CT molecular complexity index is 625. The van der Waals surface area contributed by atoms with Crippen LogP contribution in [0.5, 0.6) is 0 Å². The number of aromatic nitrogens is 4. The molecule has 8 heteroatoms. The number of nitrogens with one attached hydrogen (secondary N) is 1. The van der Waals surface area contributed by atoms with Gasteiger partial charge in [0.15, 0.2) is 4.64 Å². The fourth-order valence-corrected chi connectivity index (χ4v) is 2.24. The van der Waals surface area contributed by atoms with Crippen LogP contribution in [0.25, 0.3) is 11.2 Å². The summed E-state index contributed by atoms with van der Waals surface area (Å²) in [6, 6.07) is 0. The van der Waals surface area contributed by atoms with Gasteiger partial charge < -0.3 is 19.9 Å². The first-order chi connectivity index (χ1) is 8.66. The molecule has 3 N–H and O–H groups in total. The Morgan fingerprint density at radius 2 is 2.22 bits per heavy atom. The first kappa shape index (κ1) is 11.7. The summed E-state index contributed by atoms with van der Waals surface area (Å²) < 4.78 is 7.66. The van der Waals surface area contributed by atoms with E-state index in [2.05, 4.69) is 15.0 Å². The van der Waals surface area contributed by atoms with Crippen LogP contribution in [0.2, 0.25) is 0 Å². The number of fused-ring (bicyclic) bond motifs is 1. The number of aliphatic hydroxyl groups is 2. The van der Waals surface area contributed by atoms with E-state index in [1.54, 1.807) is 10.9 Å². The van der Waals surface area contributed by atoms with E-state index in [-0.39, 0.29) is 12.8 Å². The lowest BCUT2D eigenvalue weighted by atomic mass is 10.1. The Hall–Kier alpha value is -1.35. The van der Waals surface area contributed by atoms with Crippen LogP contribution < -0.4 is 0 Å². The Morgan fingerprint density at radius 3 is 3.00 bits per heavy atom. The van der Waals surface area contributed by atoms with Crippen molar-refractivity contribution in [1.82, 2.24) is 19.5 Å². The van der Waals surface area contributed by atoms with Crippen molar-refractivity contribution < 1.29 is 14.9 Å². The highest BCUT2D eigenvalue weighted by atomic mass is 32.1. The third-order valence-corrected chi connectivity index (χ3v) is 3.34. The summed E-state index contributed by atoms with van der Waals surface area (Å²) >= 11 is 5.07. The predicted octanol–water partition coefficient (Wildman–Crippen LogP) is 0.130. The van der Waals surface area contributed by atoms with E-state index in [1.165, 1.54) is 6.33 Å². The number of aromatic amines is 1. The number of ether oxygens (including phenoxy) is 1. The minimum atomic E-state index is -0.837. The predicted molar refractivity (Wildman–Crippen MR) is 64.3 cm³/mol. The molecule has 1 saturated heterocycles. The van der Waals surface area contributed by atoms with Crippen molar-refractivity contribution in [3.8, 4) is 0 Å². The van der Waals surface area contributed by atoms with Gasteiger partial charge in [-0.1, -0.05) is 12.2 Å². The van der Waals surface area contributed by atoms with Gasteiger partial charge in [-0.15, -0.1) is 0 Å². The quantitative estimate of drug-likeness (QED) is 0.636. The maximum atomic E-state index is 9.67. The number of hydrogen-bond acceptors (Lipinski definition) is 6. The monoisotopic (exact) mass is 268 g/mol. The fraction of sp³-hybridized carbons (Fsp3) is 0.500. The molecule has 1 fully saturated rings. The van der Waals surface area contributed by atoms with Gasteiger partial charge in [0.2, 0.25) is 0 Å². The van der Waals surface area contributed by atoms with Crippen molar-refractivity contribution in [3.63, 3.8) is 0 Å². The van der Waals surface area contributed by atoms with Crippen molar-refractivity contribution in [2.45, 2.75) is 24.9 Å². The molecule has 0 amide bonds. The second kappa shape index (κ2) is 4.39. The minimum absolute atomic E-state index is 0.0946. The minimum Gasteiger partial charge on any atom is -0.390 e. The standard InChI is InChI=1S/C10H12N4O3S/c15-5-1-7(17-2-6(5)16)14-4-13-8-9(14)11-3-12-10(8)18/h3-7,15-16H,1-2H2,(H,11,12,18)/t5-,6-,7+/m1/s1. The molecular formula is C10H12N4O3S. The first-order valence-electron chi connectivity index (χ1n) is 5.55. The zero-order valence-electron chi connectivity index (χ0n) is 9.35. The molecule has 0 aliphatic carbocycles. The molecule has 3 heterocycles. The first-order valence-corrected chi connectivity index (χ1v) is 5.95.